The lowest BCUT2D eigenvalue weighted by Gasteiger charge is -2.10. The molecule has 0 aromatic heterocycles. The van der Waals surface area contributed by atoms with Crippen LogP contribution < -0.4 is 21.5 Å². The fraction of sp³-hybridized carbons (Fsp3) is 0. The number of benzene rings is 1. The van der Waals surface area contributed by atoms with Crippen molar-refractivity contribution in [3.05, 3.63) is 17.2 Å². The highest BCUT2D eigenvalue weighted by Gasteiger charge is 2.21. The number of nitrogens with two attached hydrogens (primary N) is 3. The monoisotopic (exact) mass is 300 g/mol. The van der Waals surface area contributed by atoms with E-state index >= 15 is 0 Å². The Morgan fingerprint density at radius 1 is 1.06 bits per heavy atom. The maximum Gasteiger partial charge on any atom is 0.239 e. The van der Waals surface area contributed by atoms with Gasteiger partial charge in [0.05, 0.1) is 15.6 Å². The number of hydrogen-bond donors (Lipinski definition) is 4. The Morgan fingerprint density at radius 3 is 1.94 bits per heavy atom. The van der Waals surface area contributed by atoms with Gasteiger partial charge in [0.15, 0.2) is 0 Å². The normalized spacial score (nSPS) is 12.5. The topological polar surface area (TPSA) is 158 Å². The van der Waals surface area contributed by atoms with E-state index in [4.69, 9.17) is 27.7 Å². The van der Waals surface area contributed by atoms with Crippen LogP contribution >= 0.6 is 11.6 Å². The second-order valence-corrected chi connectivity index (χ2v) is 6.49. The number of rotatable bonds is 3. The van der Waals surface area contributed by atoms with E-state index in [0.29, 0.717) is 0 Å². The molecule has 96 valence electrons. The van der Waals surface area contributed by atoms with Crippen molar-refractivity contribution in [3.8, 4) is 0 Å². The number of hydrogen-bond acceptors (Lipinski definition) is 6. The van der Waals surface area contributed by atoms with Gasteiger partial charge in [0.2, 0.25) is 20.0 Å². The van der Waals surface area contributed by atoms with Crippen LogP contribution in [0.1, 0.15) is 0 Å². The number of sulfonamides is 2. The van der Waals surface area contributed by atoms with Crippen LogP contribution in [-0.4, -0.2) is 16.8 Å². The van der Waals surface area contributed by atoms with E-state index in [0.717, 1.165) is 12.1 Å². The van der Waals surface area contributed by atoms with Crippen LogP contribution in [0.2, 0.25) is 5.02 Å². The first kappa shape index (κ1) is 14.2. The summed E-state index contributed by atoms with van der Waals surface area (Å²) in [5.41, 5.74) is 1.93. The summed E-state index contributed by atoms with van der Waals surface area (Å²) in [6.07, 6.45) is 0. The van der Waals surface area contributed by atoms with E-state index in [9.17, 15) is 16.8 Å². The number of primary sulfonamides is 2. The Morgan fingerprint density at radius 2 is 1.59 bits per heavy atom. The Hall–Kier alpha value is -0.910. The molecule has 0 heterocycles. The lowest BCUT2D eigenvalue weighted by Crippen LogP contribution is -2.18. The van der Waals surface area contributed by atoms with Crippen LogP contribution in [0.15, 0.2) is 21.9 Å². The summed E-state index contributed by atoms with van der Waals surface area (Å²) >= 11 is 5.68. The van der Waals surface area contributed by atoms with Gasteiger partial charge in [0, 0.05) is 0 Å². The van der Waals surface area contributed by atoms with Gasteiger partial charge in [0.1, 0.15) is 4.90 Å². The minimum Gasteiger partial charge on any atom is -0.323 e. The van der Waals surface area contributed by atoms with E-state index in [1.165, 1.54) is 0 Å². The highest BCUT2D eigenvalue weighted by Crippen LogP contribution is 2.31. The molecule has 0 spiro atoms. The molecule has 0 bridgehead atoms. The van der Waals surface area contributed by atoms with Crippen LogP contribution in [0.5, 0.6) is 0 Å². The summed E-state index contributed by atoms with van der Waals surface area (Å²) in [4.78, 5) is -1.06. The molecule has 1 aromatic rings. The van der Waals surface area contributed by atoms with Crippen LogP contribution in [0, 0.1) is 0 Å². The van der Waals surface area contributed by atoms with Crippen molar-refractivity contribution in [2.75, 3.05) is 5.43 Å². The quantitative estimate of drug-likeness (QED) is 0.410. The summed E-state index contributed by atoms with van der Waals surface area (Å²) < 4.78 is 44.6. The number of nitrogen functional groups attached to an aromatic ring is 1. The molecular weight excluding hydrogens is 292 g/mol. The first-order valence-electron chi connectivity index (χ1n) is 3.93. The van der Waals surface area contributed by atoms with Crippen molar-refractivity contribution in [3.63, 3.8) is 0 Å². The molecule has 0 fully saturated rings. The molecule has 17 heavy (non-hydrogen) atoms. The second-order valence-electron chi connectivity index (χ2n) is 3.02. The van der Waals surface area contributed by atoms with Gasteiger partial charge in [-0.25, -0.2) is 27.1 Å². The molecule has 0 amide bonds. The van der Waals surface area contributed by atoms with E-state index in [1.54, 1.807) is 0 Å². The molecule has 1 rings (SSSR count). The van der Waals surface area contributed by atoms with E-state index < -0.39 is 29.8 Å². The van der Waals surface area contributed by atoms with Gasteiger partial charge in [-0.2, -0.15) is 0 Å². The molecule has 0 atom stereocenters. The molecule has 11 heteroatoms. The predicted octanol–water partition coefficient (Wildman–Crippen LogP) is -1.08. The molecule has 0 saturated carbocycles. The van der Waals surface area contributed by atoms with Gasteiger partial charge < -0.3 is 5.43 Å². The third-order valence-electron chi connectivity index (χ3n) is 1.80. The second kappa shape index (κ2) is 4.40. The van der Waals surface area contributed by atoms with Gasteiger partial charge in [-0.05, 0) is 12.1 Å². The minimum absolute atomic E-state index is 0.123. The van der Waals surface area contributed by atoms with E-state index in [1.807, 2.05) is 5.43 Å². The number of halogens is 1. The van der Waals surface area contributed by atoms with Gasteiger partial charge in [-0.15, -0.1) is 0 Å². The molecule has 0 saturated heterocycles. The van der Waals surface area contributed by atoms with Gasteiger partial charge in [0.25, 0.3) is 0 Å². The minimum atomic E-state index is -4.20. The zero-order valence-corrected chi connectivity index (χ0v) is 10.6. The third-order valence-corrected chi connectivity index (χ3v) is 4.15. The molecule has 0 radical (unpaired) electrons. The van der Waals surface area contributed by atoms with Crippen LogP contribution in [0.4, 0.5) is 5.69 Å². The van der Waals surface area contributed by atoms with Crippen molar-refractivity contribution < 1.29 is 16.8 Å². The van der Waals surface area contributed by atoms with Gasteiger partial charge in [-0.3, -0.25) is 5.84 Å². The lowest BCUT2D eigenvalue weighted by atomic mass is 10.3. The first-order valence-corrected chi connectivity index (χ1v) is 7.40. The highest BCUT2D eigenvalue weighted by molar-refractivity contribution is 7.90. The van der Waals surface area contributed by atoms with Gasteiger partial charge >= 0.3 is 0 Å². The van der Waals surface area contributed by atoms with Gasteiger partial charge in [-0.1, -0.05) is 11.6 Å². The lowest BCUT2D eigenvalue weighted by molar-refractivity contribution is 0.596. The van der Waals surface area contributed by atoms with Crippen molar-refractivity contribution in [2.24, 2.45) is 16.1 Å². The van der Waals surface area contributed by atoms with E-state index in [-0.39, 0.29) is 10.7 Å². The van der Waals surface area contributed by atoms with Crippen LogP contribution in [-0.2, 0) is 20.0 Å². The Balaban J connectivity index is 3.74. The van der Waals surface area contributed by atoms with Crippen molar-refractivity contribution in [1.29, 1.82) is 0 Å². The fourth-order valence-corrected chi connectivity index (χ4v) is 2.83. The molecule has 8 nitrogen and oxygen atoms in total. The summed E-state index contributed by atoms with van der Waals surface area (Å²) in [6, 6.07) is 1.75. The average Bonchev–Trinajstić information content (AvgIpc) is 2.14. The largest absolute Gasteiger partial charge is 0.323 e. The molecule has 0 aliphatic rings. The predicted molar refractivity (Wildman–Crippen MR) is 62.0 cm³/mol. The summed E-state index contributed by atoms with van der Waals surface area (Å²) in [6.45, 7) is 0. The molecular formula is C6H9ClN4O4S2. The Kier molecular flexibility index (Phi) is 3.66. The molecule has 0 aliphatic heterocycles. The Labute approximate surface area is 103 Å². The molecule has 7 N–H and O–H groups in total. The fourth-order valence-electron chi connectivity index (χ4n) is 1.05. The van der Waals surface area contributed by atoms with Crippen molar-refractivity contribution >= 4 is 37.3 Å². The first-order chi connectivity index (χ1) is 7.57. The molecule has 1 aromatic carbocycles. The van der Waals surface area contributed by atoms with E-state index in [2.05, 4.69) is 0 Å². The summed E-state index contributed by atoms with van der Waals surface area (Å²) in [5.74, 6) is 5.07. The zero-order valence-electron chi connectivity index (χ0n) is 8.21. The highest BCUT2D eigenvalue weighted by atomic mass is 35.5. The summed E-state index contributed by atoms with van der Waals surface area (Å²) in [5, 5.41) is 9.43. The average molecular weight is 301 g/mol. The summed E-state index contributed by atoms with van der Waals surface area (Å²) in [7, 11) is -8.31. The molecule has 0 aliphatic carbocycles. The van der Waals surface area contributed by atoms with Crippen molar-refractivity contribution in [1.82, 2.24) is 0 Å². The standard InChI is InChI=1S/C6H9ClN4O4S2/c7-6-4(11-8)1-3(16(9,12)13)2-5(6)17(10,14)15/h1-2,11H,8H2,(H2,9,12,13)(H2,10,14,15). The molecule has 0 unspecified atom stereocenters. The van der Waals surface area contributed by atoms with Crippen LogP contribution in [0.3, 0.4) is 0 Å². The van der Waals surface area contributed by atoms with Crippen LogP contribution in [0.25, 0.3) is 0 Å². The number of hydrazine groups is 1. The Bertz CT molecular complexity index is 655. The SMILES string of the molecule is NNc1cc(S(N)(=O)=O)cc(S(N)(=O)=O)c1Cl. The maximum absolute atomic E-state index is 11.2. The number of anilines is 1. The number of nitrogens with one attached hydrogen (secondary N) is 1. The maximum atomic E-state index is 11.2. The van der Waals surface area contributed by atoms with Crippen molar-refractivity contribution in [2.45, 2.75) is 9.79 Å². The smallest absolute Gasteiger partial charge is 0.239 e. The third kappa shape index (κ3) is 3.06. The zero-order chi connectivity index (χ0) is 13.4.